The lowest BCUT2D eigenvalue weighted by molar-refractivity contribution is -0.138. The maximum Gasteiger partial charge on any atom is 0.416 e. The first-order valence-corrected chi connectivity index (χ1v) is 13.3. The molecule has 0 N–H and O–H groups in total. The maximum absolute atomic E-state index is 13.3. The lowest BCUT2D eigenvalue weighted by Gasteiger charge is -2.23. The Labute approximate surface area is 219 Å². The molecule has 0 heterocycles. The number of unbranched alkanes of at least 4 members (excludes halogenated alkanes) is 5. The van der Waals surface area contributed by atoms with Gasteiger partial charge in [0, 0.05) is 28.9 Å². The Morgan fingerprint density at radius 1 is 1.11 bits per heavy atom. The number of halogens is 3. The Hall–Kier alpha value is -2.05. The largest absolute Gasteiger partial charge is 0.416 e. The van der Waals surface area contributed by atoms with E-state index < -0.39 is 11.7 Å². The summed E-state index contributed by atoms with van der Waals surface area (Å²) in [5, 5.41) is 0. The van der Waals surface area contributed by atoms with Crippen molar-refractivity contribution in [3.05, 3.63) is 88.5 Å². The maximum atomic E-state index is 13.3. The van der Waals surface area contributed by atoms with Crippen LogP contribution in [0.15, 0.2) is 71.8 Å². The minimum atomic E-state index is -4.38. The van der Waals surface area contributed by atoms with Gasteiger partial charge in [0.05, 0.1) is 5.56 Å². The van der Waals surface area contributed by atoms with Crippen molar-refractivity contribution >= 4 is 34.3 Å². The summed E-state index contributed by atoms with van der Waals surface area (Å²) in [6, 6.07) is 4.41. The van der Waals surface area contributed by atoms with Crippen LogP contribution in [-0.4, -0.2) is 23.2 Å². The van der Waals surface area contributed by atoms with Crippen LogP contribution in [0, 0.1) is 6.92 Å². The number of allylic oxidation sites excluding steroid dienone is 6. The average molecular weight is 522 g/mol. The van der Waals surface area contributed by atoms with Gasteiger partial charge in [-0.25, -0.2) is 0 Å². The van der Waals surface area contributed by atoms with Crippen LogP contribution in [-0.2, 0) is 6.18 Å². The van der Waals surface area contributed by atoms with Gasteiger partial charge in [0.1, 0.15) is 0 Å². The zero-order valence-corrected chi connectivity index (χ0v) is 23.0. The van der Waals surface area contributed by atoms with Crippen molar-refractivity contribution in [1.29, 1.82) is 0 Å². The number of benzene rings is 1. The molecule has 1 aromatic rings. The highest BCUT2D eigenvalue weighted by Crippen LogP contribution is 2.33. The van der Waals surface area contributed by atoms with Crippen molar-refractivity contribution in [3.8, 4) is 0 Å². The second-order valence-electron chi connectivity index (χ2n) is 8.61. The molecule has 0 aliphatic heterocycles. The van der Waals surface area contributed by atoms with Gasteiger partial charge in [-0.15, -0.1) is 0 Å². The van der Waals surface area contributed by atoms with Crippen molar-refractivity contribution in [2.45, 2.75) is 65.5 Å². The van der Waals surface area contributed by atoms with Crippen LogP contribution < -0.4 is 0 Å². The predicted molar refractivity (Wildman–Crippen MR) is 153 cm³/mol. The molecule has 0 atom stereocenters. The lowest BCUT2D eigenvalue weighted by atomic mass is 9.99. The number of hydrogen-bond donors (Lipinski definition) is 0. The van der Waals surface area contributed by atoms with Gasteiger partial charge < -0.3 is 4.90 Å². The van der Waals surface area contributed by atoms with Gasteiger partial charge in [-0.05, 0) is 54.7 Å². The van der Waals surface area contributed by atoms with E-state index >= 15 is 0 Å². The summed E-state index contributed by atoms with van der Waals surface area (Å²) < 4.78 is 41.5. The molecule has 0 radical (unpaired) electrons. The quantitative estimate of drug-likeness (QED) is 0.128. The number of rotatable bonds is 15. The Balaban J connectivity index is 3.03. The third-order valence-corrected chi connectivity index (χ3v) is 6.82. The topological polar surface area (TPSA) is 3.24 Å². The van der Waals surface area contributed by atoms with E-state index in [1.807, 2.05) is 19.2 Å². The molecular weight excluding hydrogens is 483 g/mol. The average Bonchev–Trinajstić information content (AvgIpc) is 2.81. The molecule has 0 saturated heterocycles. The van der Waals surface area contributed by atoms with Crippen molar-refractivity contribution in [3.63, 3.8) is 0 Å². The van der Waals surface area contributed by atoms with Crippen LogP contribution in [0.3, 0.4) is 0 Å². The van der Waals surface area contributed by atoms with E-state index in [0.717, 1.165) is 34.7 Å². The van der Waals surface area contributed by atoms with E-state index in [1.54, 1.807) is 29.8 Å². The first kappa shape index (κ1) is 31.0. The van der Waals surface area contributed by atoms with Crippen LogP contribution in [0.25, 0.3) is 5.57 Å². The van der Waals surface area contributed by atoms with Crippen LogP contribution in [0.2, 0.25) is 0 Å². The zero-order valence-electron chi connectivity index (χ0n) is 21.4. The molecule has 0 fully saturated rings. The van der Waals surface area contributed by atoms with E-state index in [1.165, 1.54) is 62.9 Å². The van der Waals surface area contributed by atoms with Crippen molar-refractivity contribution in [2.75, 3.05) is 13.6 Å². The number of nitrogens with zero attached hydrogens (tertiary/aromatic N) is 1. The summed E-state index contributed by atoms with van der Waals surface area (Å²) >= 11 is 6.50. The third-order valence-electron chi connectivity index (χ3n) is 5.82. The summed E-state index contributed by atoms with van der Waals surface area (Å²) in [6.07, 6.45) is 10.3. The van der Waals surface area contributed by atoms with Crippen LogP contribution >= 0.6 is 24.0 Å². The normalized spacial score (nSPS) is 13.1. The number of alkyl halides is 3. The van der Waals surface area contributed by atoms with E-state index in [-0.39, 0.29) is 5.56 Å². The fraction of sp³-hybridized carbons (Fsp3) is 0.414. The SMILES string of the molecule is C=CC(=C\C=C(/C)c1ccc(C)c(C(F)(F)F)c1)/C=C(/SC=S)C(=C)N(C)CCCCCCCC. The molecule has 35 heavy (non-hydrogen) atoms. The highest BCUT2D eigenvalue weighted by molar-refractivity contribution is 8.23. The van der Waals surface area contributed by atoms with Gasteiger partial charge in [-0.2, -0.15) is 13.2 Å². The monoisotopic (exact) mass is 521 g/mol. The lowest BCUT2D eigenvalue weighted by Crippen LogP contribution is -2.19. The summed E-state index contributed by atoms with van der Waals surface area (Å²) in [4.78, 5) is 3.06. The highest BCUT2D eigenvalue weighted by atomic mass is 32.2. The number of likely N-dealkylation sites (N-methyl/N-ethyl adjacent to an activating group) is 1. The molecule has 0 aromatic heterocycles. The van der Waals surface area contributed by atoms with Crippen LogP contribution in [0.4, 0.5) is 13.2 Å². The molecule has 0 spiro atoms. The summed E-state index contributed by atoms with van der Waals surface area (Å²) in [7, 11) is 2.03. The molecule has 0 saturated carbocycles. The molecule has 1 aromatic carbocycles. The summed E-state index contributed by atoms with van der Waals surface area (Å²) in [5.74, 6) is 0. The molecule has 6 heteroatoms. The number of hydrogen-bond acceptors (Lipinski definition) is 3. The molecule has 0 bridgehead atoms. The molecular formula is C29H38F3NS2. The zero-order chi connectivity index (χ0) is 26.4. The first-order valence-electron chi connectivity index (χ1n) is 12.0. The van der Waals surface area contributed by atoms with Crippen molar-refractivity contribution in [2.24, 2.45) is 0 Å². The Kier molecular flexibility index (Phi) is 14.0. The van der Waals surface area contributed by atoms with Crippen LogP contribution in [0.5, 0.6) is 0 Å². The fourth-order valence-corrected chi connectivity index (χ4v) is 4.42. The number of thiocarbonyl (C=S) groups is 1. The smallest absolute Gasteiger partial charge is 0.374 e. The first-order chi connectivity index (χ1) is 16.5. The molecule has 0 aliphatic rings. The minimum Gasteiger partial charge on any atom is -0.374 e. The van der Waals surface area contributed by atoms with Gasteiger partial charge in [0.2, 0.25) is 0 Å². The van der Waals surface area contributed by atoms with E-state index in [0.29, 0.717) is 5.56 Å². The van der Waals surface area contributed by atoms with Crippen molar-refractivity contribution in [1.82, 2.24) is 4.90 Å². The van der Waals surface area contributed by atoms with Gasteiger partial charge in [0.15, 0.2) is 0 Å². The Morgan fingerprint density at radius 3 is 2.37 bits per heavy atom. The molecule has 0 aliphatic carbocycles. The van der Waals surface area contributed by atoms with E-state index in [2.05, 4.69) is 25.0 Å². The number of aryl methyl sites for hydroxylation is 1. The van der Waals surface area contributed by atoms with Gasteiger partial charge >= 0.3 is 6.18 Å². The second kappa shape index (κ2) is 15.8. The fourth-order valence-electron chi connectivity index (χ4n) is 3.51. The van der Waals surface area contributed by atoms with E-state index in [4.69, 9.17) is 12.2 Å². The van der Waals surface area contributed by atoms with E-state index in [9.17, 15) is 13.2 Å². The molecule has 0 amide bonds. The third kappa shape index (κ3) is 11.0. The highest BCUT2D eigenvalue weighted by Gasteiger charge is 2.32. The summed E-state index contributed by atoms with van der Waals surface area (Å²) in [5.41, 5.74) is 2.56. The Morgan fingerprint density at radius 2 is 1.77 bits per heavy atom. The molecule has 192 valence electrons. The standard InChI is InChI=1S/C29H38F3NS2/c1-7-9-10-11-12-13-18-33(6)24(5)28(35-21-34)19-25(8-2)16-14-22(3)26-17-15-23(4)27(20-26)29(30,31)32/h8,14-17,19-21H,2,5,7,9-13,18H2,1,3-4,6H3/b22-14+,25-16+,28-19+. The second-order valence-corrected chi connectivity index (χ2v) is 10.1. The molecule has 1 nitrogen and oxygen atoms in total. The van der Waals surface area contributed by atoms with Gasteiger partial charge in [-0.3, -0.25) is 0 Å². The van der Waals surface area contributed by atoms with Gasteiger partial charge in [-0.1, -0.05) is 107 Å². The summed E-state index contributed by atoms with van der Waals surface area (Å²) in [6.45, 7) is 14.6. The predicted octanol–water partition coefficient (Wildman–Crippen LogP) is 9.91. The number of thioether (sulfide) groups is 1. The van der Waals surface area contributed by atoms with Gasteiger partial charge in [0.25, 0.3) is 0 Å². The van der Waals surface area contributed by atoms with Crippen LogP contribution in [0.1, 0.15) is 69.1 Å². The van der Waals surface area contributed by atoms with Crippen molar-refractivity contribution < 1.29 is 13.2 Å². The molecule has 0 unspecified atom stereocenters. The Bertz CT molecular complexity index is 955. The minimum absolute atomic E-state index is 0.213. The molecule has 1 rings (SSSR count).